The molecule has 0 fully saturated rings. The number of methoxy groups -OCH3 is 1. The number of aliphatic hydroxyl groups excluding tert-OH is 1. The summed E-state index contributed by atoms with van der Waals surface area (Å²) in [6, 6.07) is -0.289. The van der Waals surface area contributed by atoms with Gasteiger partial charge >= 0.3 is 5.97 Å². The van der Waals surface area contributed by atoms with Gasteiger partial charge in [-0.25, -0.2) is 0 Å². The van der Waals surface area contributed by atoms with Crippen LogP contribution in [-0.4, -0.2) is 37.4 Å². The van der Waals surface area contributed by atoms with Crippen molar-refractivity contribution in [2.45, 2.75) is 46.6 Å². The van der Waals surface area contributed by atoms with Crippen LogP contribution in [0.2, 0.25) is 0 Å². The fourth-order valence-corrected chi connectivity index (χ4v) is 1.53. The molecular weight excluding hydrogens is 218 g/mol. The van der Waals surface area contributed by atoms with Gasteiger partial charge in [-0.15, -0.1) is 0 Å². The second-order valence-electron chi connectivity index (χ2n) is 5.09. The molecule has 0 spiro atoms. The van der Waals surface area contributed by atoms with Gasteiger partial charge in [0.05, 0.1) is 7.11 Å². The highest BCUT2D eigenvalue weighted by molar-refractivity contribution is 5.75. The molecule has 3 atom stereocenters. The third kappa shape index (κ3) is 5.04. The Morgan fingerprint density at radius 2 is 2.06 bits per heavy atom. The number of hydrogen-bond donors (Lipinski definition) is 2. The Morgan fingerprint density at radius 3 is 2.41 bits per heavy atom. The molecule has 0 aromatic carbocycles. The molecule has 102 valence electrons. The van der Waals surface area contributed by atoms with E-state index in [1.165, 1.54) is 7.11 Å². The number of carbonyl (C=O) groups is 1. The van der Waals surface area contributed by atoms with Gasteiger partial charge in [-0.05, 0) is 12.3 Å². The minimum atomic E-state index is -0.289. The summed E-state index contributed by atoms with van der Waals surface area (Å²) in [6.45, 7) is 8.85. The number of esters is 1. The zero-order valence-electron chi connectivity index (χ0n) is 11.7. The summed E-state index contributed by atoms with van der Waals surface area (Å²) >= 11 is 0. The maximum atomic E-state index is 11.7. The van der Waals surface area contributed by atoms with Gasteiger partial charge in [0.15, 0.2) is 0 Å². The summed E-state index contributed by atoms with van der Waals surface area (Å²) in [5.41, 5.74) is -0.181. The second-order valence-corrected chi connectivity index (χ2v) is 5.09. The Labute approximate surface area is 105 Å². The predicted octanol–water partition coefficient (Wildman–Crippen LogP) is 1.57. The van der Waals surface area contributed by atoms with Gasteiger partial charge < -0.3 is 15.2 Å². The van der Waals surface area contributed by atoms with Crippen molar-refractivity contribution in [1.29, 1.82) is 0 Å². The Kier molecular flexibility index (Phi) is 7.39. The highest BCUT2D eigenvalue weighted by atomic mass is 16.5. The maximum absolute atomic E-state index is 11.7. The Morgan fingerprint density at radius 1 is 1.47 bits per heavy atom. The van der Waals surface area contributed by atoms with Crippen LogP contribution in [0, 0.1) is 11.3 Å². The molecule has 4 heteroatoms. The van der Waals surface area contributed by atoms with Crippen LogP contribution in [0.4, 0.5) is 0 Å². The van der Waals surface area contributed by atoms with E-state index >= 15 is 0 Å². The zero-order chi connectivity index (χ0) is 13.5. The summed E-state index contributed by atoms with van der Waals surface area (Å²) in [7, 11) is 1.41. The van der Waals surface area contributed by atoms with Crippen LogP contribution in [0.25, 0.3) is 0 Å². The minimum Gasteiger partial charge on any atom is -0.468 e. The zero-order valence-corrected chi connectivity index (χ0v) is 11.7. The lowest BCUT2D eigenvalue weighted by molar-refractivity contribution is -0.144. The van der Waals surface area contributed by atoms with Gasteiger partial charge in [0, 0.05) is 18.6 Å². The van der Waals surface area contributed by atoms with Crippen molar-refractivity contribution in [3.05, 3.63) is 0 Å². The smallest absolute Gasteiger partial charge is 0.323 e. The van der Waals surface area contributed by atoms with Gasteiger partial charge in [-0.3, -0.25) is 4.79 Å². The van der Waals surface area contributed by atoms with Crippen molar-refractivity contribution in [3.63, 3.8) is 0 Å². The van der Waals surface area contributed by atoms with Crippen molar-refractivity contribution >= 4 is 5.97 Å². The number of nitrogens with one attached hydrogen (secondary N) is 1. The molecule has 0 bridgehead atoms. The molecule has 0 rings (SSSR count). The molecule has 4 nitrogen and oxygen atoms in total. The number of ether oxygens (including phenoxy) is 1. The third-order valence-corrected chi connectivity index (χ3v) is 3.65. The van der Waals surface area contributed by atoms with Crippen molar-refractivity contribution in [2.75, 3.05) is 20.3 Å². The summed E-state index contributed by atoms with van der Waals surface area (Å²) in [4.78, 5) is 11.7. The molecule has 0 aromatic heterocycles. The van der Waals surface area contributed by atoms with Crippen molar-refractivity contribution < 1.29 is 14.6 Å². The van der Waals surface area contributed by atoms with Gasteiger partial charge in [0.2, 0.25) is 0 Å². The second kappa shape index (κ2) is 7.67. The topological polar surface area (TPSA) is 58.6 Å². The van der Waals surface area contributed by atoms with Gasteiger partial charge in [-0.1, -0.05) is 34.1 Å². The SMILES string of the molecule is CCC(C)C(NCC(C)(CC)CO)C(=O)OC. The normalized spacial score (nSPS) is 18.2. The number of hydrogen-bond acceptors (Lipinski definition) is 4. The van der Waals surface area contributed by atoms with Crippen LogP contribution < -0.4 is 5.32 Å². The molecule has 3 unspecified atom stereocenters. The first-order valence-corrected chi connectivity index (χ1v) is 6.36. The highest BCUT2D eigenvalue weighted by Crippen LogP contribution is 2.20. The Bertz CT molecular complexity index is 227. The van der Waals surface area contributed by atoms with E-state index in [-0.39, 0.29) is 30.0 Å². The first kappa shape index (κ1) is 16.4. The first-order chi connectivity index (χ1) is 7.94. The highest BCUT2D eigenvalue weighted by Gasteiger charge is 2.28. The molecule has 0 saturated carbocycles. The molecular formula is C13H27NO3. The molecule has 0 aliphatic rings. The van der Waals surface area contributed by atoms with E-state index in [2.05, 4.69) is 5.32 Å². The monoisotopic (exact) mass is 245 g/mol. The summed E-state index contributed by atoms with van der Waals surface area (Å²) in [6.07, 6.45) is 1.78. The Hall–Kier alpha value is -0.610. The van der Waals surface area contributed by atoms with E-state index in [1.807, 2.05) is 27.7 Å². The molecule has 0 aliphatic heterocycles. The minimum absolute atomic E-state index is 0.116. The summed E-state index contributed by atoms with van der Waals surface area (Å²) in [5, 5.41) is 12.6. The fourth-order valence-electron chi connectivity index (χ4n) is 1.53. The summed E-state index contributed by atoms with van der Waals surface area (Å²) < 4.78 is 4.80. The molecule has 0 aliphatic carbocycles. The molecule has 0 radical (unpaired) electrons. The van der Waals surface area contributed by atoms with E-state index in [1.54, 1.807) is 0 Å². The predicted molar refractivity (Wildman–Crippen MR) is 68.7 cm³/mol. The van der Waals surface area contributed by atoms with E-state index in [4.69, 9.17) is 4.74 Å². The van der Waals surface area contributed by atoms with E-state index in [0.717, 1.165) is 12.8 Å². The number of aliphatic hydroxyl groups is 1. The lowest BCUT2D eigenvalue weighted by Gasteiger charge is -2.30. The third-order valence-electron chi connectivity index (χ3n) is 3.65. The van der Waals surface area contributed by atoms with Crippen LogP contribution in [0.3, 0.4) is 0 Å². The van der Waals surface area contributed by atoms with Crippen LogP contribution in [0.5, 0.6) is 0 Å². The van der Waals surface area contributed by atoms with E-state index in [9.17, 15) is 9.90 Å². The lowest BCUT2D eigenvalue weighted by atomic mass is 9.87. The average Bonchev–Trinajstić information content (AvgIpc) is 2.37. The van der Waals surface area contributed by atoms with Crippen LogP contribution in [0.1, 0.15) is 40.5 Å². The molecule has 0 saturated heterocycles. The largest absolute Gasteiger partial charge is 0.468 e. The average molecular weight is 245 g/mol. The lowest BCUT2D eigenvalue weighted by Crippen LogP contribution is -2.47. The van der Waals surface area contributed by atoms with Crippen LogP contribution in [0.15, 0.2) is 0 Å². The van der Waals surface area contributed by atoms with Crippen LogP contribution >= 0.6 is 0 Å². The maximum Gasteiger partial charge on any atom is 0.323 e. The quantitative estimate of drug-likeness (QED) is 0.637. The van der Waals surface area contributed by atoms with Gasteiger partial charge in [-0.2, -0.15) is 0 Å². The first-order valence-electron chi connectivity index (χ1n) is 6.36. The van der Waals surface area contributed by atoms with Gasteiger partial charge in [0.25, 0.3) is 0 Å². The fraction of sp³-hybridized carbons (Fsp3) is 0.923. The number of rotatable bonds is 8. The van der Waals surface area contributed by atoms with Crippen LogP contribution in [-0.2, 0) is 9.53 Å². The molecule has 2 N–H and O–H groups in total. The van der Waals surface area contributed by atoms with Crippen molar-refractivity contribution in [2.24, 2.45) is 11.3 Å². The molecule has 0 amide bonds. The van der Waals surface area contributed by atoms with E-state index < -0.39 is 0 Å². The Balaban J connectivity index is 4.50. The summed E-state index contributed by atoms with van der Waals surface area (Å²) in [5.74, 6) is -0.00186. The molecule has 17 heavy (non-hydrogen) atoms. The van der Waals surface area contributed by atoms with E-state index in [0.29, 0.717) is 6.54 Å². The standard InChI is InChI=1S/C13H27NO3/c1-6-10(3)11(12(16)17-5)14-8-13(4,7-2)9-15/h10-11,14-15H,6-9H2,1-5H3. The molecule has 0 heterocycles. The molecule has 0 aromatic rings. The number of carbonyl (C=O) groups excluding carboxylic acids is 1. The van der Waals surface area contributed by atoms with Crippen molar-refractivity contribution in [1.82, 2.24) is 5.32 Å². The van der Waals surface area contributed by atoms with Crippen molar-refractivity contribution in [3.8, 4) is 0 Å². The van der Waals surface area contributed by atoms with Gasteiger partial charge in [0.1, 0.15) is 6.04 Å².